The normalized spacial score (nSPS) is 11.4. The maximum absolute atomic E-state index is 9.18. The average molecular weight is 352 g/mol. The lowest BCUT2D eigenvalue weighted by molar-refractivity contribution is -0.191. The molecule has 0 saturated heterocycles. The number of nitrogens with two attached hydrogens (primary N) is 1. The minimum Gasteiger partial charge on any atom is -0.427 e. The molecule has 0 spiro atoms. The second-order valence-electron chi connectivity index (χ2n) is 5.88. The third-order valence-electron chi connectivity index (χ3n) is 3.77. The molecule has 1 unspecified atom stereocenters. The fourth-order valence-corrected chi connectivity index (χ4v) is 2.48. The molecule has 5 N–H and O–H groups in total. The summed E-state index contributed by atoms with van der Waals surface area (Å²) in [5.74, 6) is 0. The highest BCUT2D eigenvalue weighted by Gasteiger charge is 2.10. The van der Waals surface area contributed by atoms with Crippen LogP contribution in [0.25, 0.3) is 0 Å². The number of aliphatic hydroxyl groups is 1. The first-order valence-electron chi connectivity index (χ1n) is 8.51. The molecule has 0 aliphatic rings. The monoisotopic (exact) mass is 352 g/mol. The van der Waals surface area contributed by atoms with Gasteiger partial charge in [0.15, 0.2) is 0 Å². The molecule has 0 aromatic heterocycles. The summed E-state index contributed by atoms with van der Waals surface area (Å²) in [7, 11) is -1.21. The number of aliphatic hydroxyl groups excluding tert-OH is 1. The summed E-state index contributed by atoms with van der Waals surface area (Å²) >= 11 is 0. The van der Waals surface area contributed by atoms with Crippen molar-refractivity contribution in [2.24, 2.45) is 5.73 Å². The Kier molecular flexibility index (Phi) is 15.0. The number of unbranched alkanes of at least 4 members (excludes halogenated alkanes) is 1. The minimum atomic E-state index is -1.21. The lowest BCUT2D eigenvalue weighted by Gasteiger charge is -2.23. The Hall–Kier alpha value is -1.54. The number of nitrogens with zero attached hydrogens (tertiary/aromatic N) is 1. The van der Waals surface area contributed by atoms with Crippen LogP contribution < -0.4 is 5.73 Å². The zero-order valence-electron chi connectivity index (χ0n) is 14.6. The predicted molar refractivity (Wildman–Crippen MR) is 95.3 cm³/mol. The van der Waals surface area contributed by atoms with Crippen LogP contribution in [0.15, 0.2) is 30.3 Å². The highest BCUT2D eigenvalue weighted by molar-refractivity contribution is 6.40. The zero-order valence-corrected chi connectivity index (χ0v) is 14.6. The van der Waals surface area contributed by atoms with Crippen molar-refractivity contribution in [1.29, 1.82) is 0 Å². The fourth-order valence-electron chi connectivity index (χ4n) is 2.48. The summed E-state index contributed by atoms with van der Waals surface area (Å²) in [4.78, 5) is 18.5. The summed E-state index contributed by atoms with van der Waals surface area (Å²) in [6.45, 7) is 2.48. The molecule has 1 rings (SSSR count). The molecule has 1 atom stereocenters. The van der Waals surface area contributed by atoms with E-state index in [0.717, 1.165) is 38.8 Å². The van der Waals surface area contributed by atoms with Crippen molar-refractivity contribution in [3.05, 3.63) is 35.9 Å². The van der Waals surface area contributed by atoms with Crippen LogP contribution in [0.4, 0.5) is 0 Å². The van der Waals surface area contributed by atoms with Gasteiger partial charge in [-0.15, -0.1) is 0 Å². The highest BCUT2D eigenvalue weighted by Crippen LogP contribution is 2.09. The molecule has 7 nitrogen and oxygen atoms in total. The van der Waals surface area contributed by atoms with Gasteiger partial charge in [-0.25, -0.2) is 0 Å². The van der Waals surface area contributed by atoms with Crippen molar-refractivity contribution in [2.75, 3.05) is 19.7 Å². The van der Waals surface area contributed by atoms with E-state index in [1.165, 1.54) is 5.56 Å². The molecule has 0 aliphatic carbocycles. The van der Waals surface area contributed by atoms with E-state index >= 15 is 0 Å². The molecule has 0 fully saturated rings. The van der Waals surface area contributed by atoms with Gasteiger partial charge in [0.1, 0.15) is 0 Å². The summed E-state index contributed by atoms with van der Waals surface area (Å²) in [6, 6.07) is 10.3. The Labute approximate surface area is 149 Å². The van der Waals surface area contributed by atoms with Crippen LogP contribution in [0.3, 0.4) is 0 Å². The van der Waals surface area contributed by atoms with E-state index in [1.54, 1.807) is 0 Å². The molecule has 0 saturated carbocycles. The van der Waals surface area contributed by atoms with Crippen molar-refractivity contribution in [2.45, 2.75) is 44.6 Å². The van der Waals surface area contributed by atoms with Crippen LogP contribution in [-0.4, -0.2) is 59.1 Å². The van der Waals surface area contributed by atoms with Crippen LogP contribution in [0.2, 0.25) is 6.32 Å². The van der Waals surface area contributed by atoms with Crippen molar-refractivity contribution < 1.29 is 24.7 Å². The van der Waals surface area contributed by atoms with Crippen LogP contribution in [0.1, 0.15) is 31.2 Å². The number of hydrogen-bond acceptors (Lipinski definition) is 7. The van der Waals surface area contributed by atoms with Crippen LogP contribution in [0.5, 0.6) is 0 Å². The van der Waals surface area contributed by atoms with E-state index in [1.807, 2.05) is 18.2 Å². The number of benzene rings is 1. The molecule has 25 heavy (non-hydrogen) atoms. The zero-order chi connectivity index (χ0) is 18.9. The maximum atomic E-state index is 9.18. The van der Waals surface area contributed by atoms with Crippen LogP contribution in [0, 0.1) is 0 Å². The summed E-state index contributed by atoms with van der Waals surface area (Å²) < 4.78 is 0. The van der Waals surface area contributed by atoms with Gasteiger partial charge in [0, 0.05) is 25.7 Å². The Morgan fingerprint density at radius 1 is 1.08 bits per heavy atom. The van der Waals surface area contributed by atoms with Gasteiger partial charge in [0.25, 0.3) is 0 Å². The van der Waals surface area contributed by atoms with Gasteiger partial charge >= 0.3 is 13.3 Å². The Bertz CT molecular complexity index is 456. The van der Waals surface area contributed by atoms with E-state index in [2.05, 4.69) is 17.0 Å². The van der Waals surface area contributed by atoms with Crippen molar-refractivity contribution >= 4 is 13.3 Å². The molecular formula is C17H29BN2O5. The number of carbonyl (C=O) groups excluding carboxylic acids is 2. The first-order chi connectivity index (χ1) is 12.0. The lowest BCUT2D eigenvalue weighted by Crippen LogP contribution is -2.32. The second-order valence-corrected chi connectivity index (χ2v) is 5.88. The summed E-state index contributed by atoms with van der Waals surface area (Å²) in [6.07, 6.45) is 4.14. The first kappa shape index (κ1) is 23.5. The van der Waals surface area contributed by atoms with Gasteiger partial charge < -0.3 is 20.9 Å². The van der Waals surface area contributed by atoms with E-state index in [4.69, 9.17) is 25.4 Å². The van der Waals surface area contributed by atoms with Crippen molar-refractivity contribution in [1.82, 2.24) is 4.90 Å². The van der Waals surface area contributed by atoms with Gasteiger partial charge in [0.2, 0.25) is 0 Å². The van der Waals surface area contributed by atoms with E-state index in [-0.39, 0.29) is 18.8 Å². The molecule has 0 heterocycles. The summed E-state index contributed by atoms with van der Waals surface area (Å²) in [5, 5.41) is 26.8. The molecular weight excluding hydrogens is 323 g/mol. The van der Waals surface area contributed by atoms with Crippen LogP contribution in [-0.2, 0) is 16.1 Å². The van der Waals surface area contributed by atoms with Gasteiger partial charge in [-0.05, 0) is 24.7 Å². The molecule has 1 aromatic rings. The van der Waals surface area contributed by atoms with E-state index in [0.29, 0.717) is 12.9 Å². The summed E-state index contributed by atoms with van der Waals surface area (Å²) in [5.41, 5.74) is 7.35. The molecule has 0 aliphatic heterocycles. The largest absolute Gasteiger partial charge is 0.451 e. The molecule has 8 heteroatoms. The highest BCUT2D eigenvalue weighted by atomic mass is 16.4. The fraction of sp³-hybridized carbons (Fsp3) is 0.588. The molecule has 1 aromatic carbocycles. The van der Waals surface area contributed by atoms with Crippen molar-refractivity contribution in [3.8, 4) is 0 Å². The standard InChI is InChI=1S/C16H29BN2O3.CO2/c18-16(8-4-5-10-17(21)22)9-11-19(12-13-20)14-15-6-2-1-3-7-15;2-1-3/h1-3,6-7,16,20-22H,4-5,8-14,18H2;. The van der Waals surface area contributed by atoms with E-state index in [9.17, 15) is 5.11 Å². The van der Waals surface area contributed by atoms with E-state index < -0.39 is 7.12 Å². The van der Waals surface area contributed by atoms with Gasteiger partial charge in [-0.1, -0.05) is 43.2 Å². The van der Waals surface area contributed by atoms with Crippen LogP contribution >= 0.6 is 0 Å². The lowest BCUT2D eigenvalue weighted by atomic mass is 9.83. The second kappa shape index (κ2) is 16.0. The van der Waals surface area contributed by atoms with Crippen molar-refractivity contribution in [3.63, 3.8) is 0 Å². The third kappa shape index (κ3) is 14.5. The first-order valence-corrected chi connectivity index (χ1v) is 8.51. The number of hydrogen-bond donors (Lipinski definition) is 4. The molecule has 0 bridgehead atoms. The topological polar surface area (TPSA) is 124 Å². The Morgan fingerprint density at radius 3 is 2.28 bits per heavy atom. The molecule has 140 valence electrons. The Balaban J connectivity index is 0.00000178. The smallest absolute Gasteiger partial charge is 0.427 e. The van der Waals surface area contributed by atoms with Gasteiger partial charge in [0.05, 0.1) is 6.61 Å². The SMILES string of the molecule is NC(CCCCB(O)O)CCN(CCO)Cc1ccccc1.O=C=O. The average Bonchev–Trinajstić information content (AvgIpc) is 2.58. The quantitative estimate of drug-likeness (QED) is 0.314. The minimum absolute atomic E-state index is 0.118. The predicted octanol–water partition coefficient (Wildman–Crippen LogP) is 0.258. The Morgan fingerprint density at radius 2 is 1.72 bits per heavy atom. The number of rotatable bonds is 12. The molecule has 0 amide bonds. The third-order valence-corrected chi connectivity index (χ3v) is 3.77. The van der Waals surface area contributed by atoms with Gasteiger partial charge in [-0.2, -0.15) is 9.59 Å². The maximum Gasteiger partial charge on any atom is 0.451 e. The van der Waals surface area contributed by atoms with Gasteiger partial charge in [-0.3, -0.25) is 4.90 Å². The molecule has 0 radical (unpaired) electrons.